The van der Waals surface area contributed by atoms with Crippen molar-refractivity contribution in [2.24, 2.45) is 0 Å². The largest absolute Gasteiger partial charge is 0.507 e. The van der Waals surface area contributed by atoms with E-state index in [-0.39, 0.29) is 22.6 Å². The monoisotopic (exact) mass is 350 g/mol. The van der Waals surface area contributed by atoms with Gasteiger partial charge < -0.3 is 10.2 Å². The molecule has 4 N–H and O–H groups in total. The molecule has 0 heterocycles. The van der Waals surface area contributed by atoms with Crippen LogP contribution in [-0.2, 0) is 0 Å². The highest BCUT2D eigenvalue weighted by Crippen LogP contribution is 2.21. The highest BCUT2D eigenvalue weighted by molar-refractivity contribution is 9.10. The maximum Gasteiger partial charge on any atom is 0.273 e. The van der Waals surface area contributed by atoms with Gasteiger partial charge >= 0.3 is 0 Å². The average molecular weight is 351 g/mol. The van der Waals surface area contributed by atoms with Crippen LogP contribution >= 0.6 is 15.9 Å². The highest BCUT2D eigenvalue weighted by atomic mass is 79.9. The van der Waals surface area contributed by atoms with Crippen molar-refractivity contribution in [3.05, 3.63) is 58.1 Å². The van der Waals surface area contributed by atoms with Crippen molar-refractivity contribution in [1.29, 1.82) is 0 Å². The minimum atomic E-state index is -0.683. The number of para-hydroxylation sites is 1. The van der Waals surface area contributed by atoms with Gasteiger partial charge in [0.25, 0.3) is 11.8 Å². The third kappa shape index (κ3) is 3.51. The molecule has 0 fully saturated rings. The predicted molar refractivity (Wildman–Crippen MR) is 78.8 cm³/mol. The van der Waals surface area contributed by atoms with Gasteiger partial charge in [0.15, 0.2) is 0 Å². The molecule has 108 valence electrons. The molecule has 0 aromatic heterocycles. The normalized spacial score (nSPS) is 9.95. The van der Waals surface area contributed by atoms with Gasteiger partial charge in [-0.15, -0.1) is 0 Å². The standard InChI is InChI=1S/C14H11BrN2O4/c15-8-5-6-12(19)10(7-8)14(21)17-16-13(20)9-3-1-2-4-11(9)18/h1-7,18-19H,(H,16,20)(H,17,21). The summed E-state index contributed by atoms with van der Waals surface area (Å²) in [7, 11) is 0. The SMILES string of the molecule is O=C(NNC(=O)c1cc(Br)ccc1O)c1ccccc1O. The fourth-order valence-electron chi connectivity index (χ4n) is 1.60. The number of nitrogens with one attached hydrogen (secondary N) is 2. The van der Waals surface area contributed by atoms with Gasteiger partial charge in [-0.1, -0.05) is 28.1 Å². The first kappa shape index (κ1) is 14.9. The Balaban J connectivity index is 2.06. The third-order valence-corrected chi connectivity index (χ3v) is 3.13. The maximum absolute atomic E-state index is 11.9. The summed E-state index contributed by atoms with van der Waals surface area (Å²) in [5.74, 6) is -1.77. The Morgan fingerprint density at radius 2 is 1.43 bits per heavy atom. The van der Waals surface area contributed by atoms with E-state index in [0.29, 0.717) is 4.47 Å². The third-order valence-electron chi connectivity index (χ3n) is 2.64. The average Bonchev–Trinajstić information content (AvgIpc) is 2.47. The van der Waals surface area contributed by atoms with Gasteiger partial charge in [-0.3, -0.25) is 20.4 Å². The van der Waals surface area contributed by atoms with Crippen LogP contribution in [0.25, 0.3) is 0 Å². The van der Waals surface area contributed by atoms with Crippen LogP contribution in [-0.4, -0.2) is 22.0 Å². The number of amides is 2. The molecule has 0 bridgehead atoms. The predicted octanol–water partition coefficient (Wildman–Crippen LogP) is 1.94. The zero-order chi connectivity index (χ0) is 15.4. The van der Waals surface area contributed by atoms with Crippen LogP contribution < -0.4 is 10.9 Å². The molecule has 2 rings (SSSR count). The zero-order valence-corrected chi connectivity index (χ0v) is 12.2. The first-order valence-corrected chi connectivity index (χ1v) is 6.65. The van der Waals surface area contributed by atoms with Crippen LogP contribution in [0.2, 0.25) is 0 Å². The molecule has 0 aliphatic carbocycles. The molecule has 0 aliphatic heterocycles. The molecule has 2 aromatic rings. The van der Waals surface area contributed by atoms with Gasteiger partial charge in [0.05, 0.1) is 11.1 Å². The Morgan fingerprint density at radius 3 is 2.10 bits per heavy atom. The van der Waals surface area contributed by atoms with Crippen molar-refractivity contribution >= 4 is 27.7 Å². The molecule has 2 aromatic carbocycles. The summed E-state index contributed by atoms with van der Waals surface area (Å²) in [4.78, 5) is 23.7. The van der Waals surface area contributed by atoms with Crippen LogP contribution in [0.5, 0.6) is 11.5 Å². The summed E-state index contributed by atoms with van der Waals surface area (Å²) >= 11 is 3.18. The van der Waals surface area contributed by atoms with E-state index in [4.69, 9.17) is 0 Å². The molecule has 2 amide bonds. The second-order valence-electron chi connectivity index (χ2n) is 4.09. The molecule has 6 nitrogen and oxygen atoms in total. The molecule has 0 unspecified atom stereocenters. The quantitative estimate of drug-likeness (QED) is 0.622. The van der Waals surface area contributed by atoms with Crippen molar-refractivity contribution in [1.82, 2.24) is 10.9 Å². The number of hydrogen-bond acceptors (Lipinski definition) is 4. The Morgan fingerprint density at radius 1 is 0.857 bits per heavy atom. The molecular formula is C14H11BrN2O4. The molecule has 7 heteroatoms. The Labute approximate surface area is 128 Å². The van der Waals surface area contributed by atoms with Gasteiger partial charge in [0.1, 0.15) is 11.5 Å². The number of hydrogen-bond donors (Lipinski definition) is 4. The highest BCUT2D eigenvalue weighted by Gasteiger charge is 2.14. The number of phenolic OH excluding ortho intramolecular Hbond substituents is 2. The minimum Gasteiger partial charge on any atom is -0.507 e. The molecule has 21 heavy (non-hydrogen) atoms. The lowest BCUT2D eigenvalue weighted by Crippen LogP contribution is -2.41. The fourth-order valence-corrected chi connectivity index (χ4v) is 1.97. The van der Waals surface area contributed by atoms with Gasteiger partial charge in [-0.2, -0.15) is 0 Å². The van der Waals surface area contributed by atoms with Gasteiger partial charge in [-0.05, 0) is 30.3 Å². The van der Waals surface area contributed by atoms with Crippen molar-refractivity contribution in [2.75, 3.05) is 0 Å². The van der Waals surface area contributed by atoms with Crippen molar-refractivity contribution in [2.45, 2.75) is 0 Å². The zero-order valence-electron chi connectivity index (χ0n) is 10.6. The van der Waals surface area contributed by atoms with Crippen LogP contribution in [0.15, 0.2) is 46.9 Å². The van der Waals surface area contributed by atoms with E-state index >= 15 is 0 Å². The summed E-state index contributed by atoms with van der Waals surface area (Å²) in [5.41, 5.74) is 4.35. The molecule has 0 spiro atoms. The van der Waals surface area contributed by atoms with Crippen LogP contribution in [0, 0.1) is 0 Å². The summed E-state index contributed by atoms with van der Waals surface area (Å²) in [6.07, 6.45) is 0. The van der Waals surface area contributed by atoms with E-state index in [9.17, 15) is 19.8 Å². The maximum atomic E-state index is 11.9. The lowest BCUT2D eigenvalue weighted by atomic mass is 10.2. The Kier molecular flexibility index (Phi) is 4.44. The number of aromatic hydroxyl groups is 2. The van der Waals surface area contributed by atoms with E-state index in [2.05, 4.69) is 26.8 Å². The van der Waals surface area contributed by atoms with Crippen molar-refractivity contribution in [3.63, 3.8) is 0 Å². The number of carbonyl (C=O) groups excluding carboxylic acids is 2. The fraction of sp³-hybridized carbons (Fsp3) is 0. The molecular weight excluding hydrogens is 340 g/mol. The molecule has 0 saturated carbocycles. The second-order valence-corrected chi connectivity index (χ2v) is 5.00. The van der Waals surface area contributed by atoms with Crippen molar-refractivity contribution < 1.29 is 19.8 Å². The smallest absolute Gasteiger partial charge is 0.273 e. The van der Waals surface area contributed by atoms with Crippen LogP contribution in [0.3, 0.4) is 0 Å². The van der Waals surface area contributed by atoms with Crippen LogP contribution in [0.1, 0.15) is 20.7 Å². The van der Waals surface area contributed by atoms with Gasteiger partial charge in [0.2, 0.25) is 0 Å². The molecule has 0 aliphatic rings. The number of carbonyl (C=O) groups is 2. The lowest BCUT2D eigenvalue weighted by Gasteiger charge is -2.09. The minimum absolute atomic E-state index is 0.00181. The number of hydrazine groups is 1. The summed E-state index contributed by atoms with van der Waals surface area (Å²) in [6, 6.07) is 10.3. The van der Waals surface area contributed by atoms with Crippen LogP contribution in [0.4, 0.5) is 0 Å². The van der Waals surface area contributed by atoms with E-state index in [1.165, 1.54) is 24.3 Å². The summed E-state index contributed by atoms with van der Waals surface area (Å²) < 4.78 is 0.609. The first-order valence-electron chi connectivity index (χ1n) is 5.86. The number of phenols is 2. The Bertz CT molecular complexity index is 703. The number of benzene rings is 2. The number of rotatable bonds is 2. The molecule has 0 radical (unpaired) electrons. The number of halogens is 1. The van der Waals surface area contributed by atoms with E-state index in [0.717, 1.165) is 0 Å². The molecule has 0 atom stereocenters. The summed E-state index contributed by atoms with van der Waals surface area (Å²) in [5, 5.41) is 19.1. The topological polar surface area (TPSA) is 98.7 Å². The second kappa shape index (κ2) is 6.27. The van der Waals surface area contributed by atoms with E-state index in [1.54, 1.807) is 18.2 Å². The first-order chi connectivity index (χ1) is 9.99. The molecule has 0 saturated heterocycles. The lowest BCUT2D eigenvalue weighted by molar-refractivity contribution is 0.0843. The van der Waals surface area contributed by atoms with Gasteiger partial charge in [0, 0.05) is 4.47 Å². The van der Waals surface area contributed by atoms with Crippen molar-refractivity contribution in [3.8, 4) is 11.5 Å². The van der Waals surface area contributed by atoms with E-state index < -0.39 is 11.8 Å². The van der Waals surface area contributed by atoms with Gasteiger partial charge in [-0.25, -0.2) is 0 Å². The Hall–Kier alpha value is -2.54. The summed E-state index contributed by atoms with van der Waals surface area (Å²) in [6.45, 7) is 0. The van der Waals surface area contributed by atoms with E-state index in [1.807, 2.05) is 0 Å².